The van der Waals surface area contributed by atoms with Gasteiger partial charge in [-0.3, -0.25) is 14.8 Å². The monoisotopic (exact) mass is 356 g/mol. The minimum atomic E-state index is -0.161. The lowest BCUT2D eigenvalue weighted by molar-refractivity contribution is 0.0601. The molecule has 0 saturated carbocycles. The number of nitrogens with zero attached hydrogens (tertiary/aromatic N) is 3. The van der Waals surface area contributed by atoms with Crippen molar-refractivity contribution >= 4 is 5.91 Å². The molecule has 1 aromatic heterocycles. The lowest BCUT2D eigenvalue weighted by Crippen LogP contribution is -2.48. The molecule has 1 atom stereocenters. The second kappa shape index (κ2) is 7.19. The number of aryl methyl sites for hydroxylation is 1. The number of H-pyrrole nitrogens is 1. The third kappa shape index (κ3) is 3.26. The third-order valence-corrected chi connectivity index (χ3v) is 5.71. The van der Waals surface area contributed by atoms with Crippen LogP contribution in [0.5, 0.6) is 0 Å². The second-order valence-corrected chi connectivity index (χ2v) is 7.42. The summed E-state index contributed by atoms with van der Waals surface area (Å²) in [6, 6.07) is 7.06. The zero-order valence-corrected chi connectivity index (χ0v) is 15.2. The summed E-state index contributed by atoms with van der Waals surface area (Å²) in [6.07, 6.45) is 5.00. The van der Waals surface area contributed by atoms with Gasteiger partial charge in [-0.25, -0.2) is 4.39 Å². The summed E-state index contributed by atoms with van der Waals surface area (Å²) in [7, 11) is 1.87. The number of carbonyl (C=O) groups excluding carboxylic acids is 1. The van der Waals surface area contributed by atoms with Crippen molar-refractivity contribution < 1.29 is 9.18 Å². The third-order valence-electron chi connectivity index (χ3n) is 5.71. The van der Waals surface area contributed by atoms with Crippen molar-refractivity contribution in [2.24, 2.45) is 0 Å². The quantitative estimate of drug-likeness (QED) is 0.916. The number of aromatic amines is 1. The van der Waals surface area contributed by atoms with Gasteiger partial charge < -0.3 is 4.90 Å². The lowest BCUT2D eigenvalue weighted by Gasteiger charge is -2.37. The van der Waals surface area contributed by atoms with Crippen LogP contribution < -0.4 is 0 Å². The molecular weight excluding hydrogens is 331 g/mol. The second-order valence-electron chi connectivity index (χ2n) is 7.42. The number of hydrogen-bond donors (Lipinski definition) is 1. The van der Waals surface area contributed by atoms with Crippen LogP contribution in [-0.2, 0) is 19.4 Å². The predicted octanol–water partition coefficient (Wildman–Crippen LogP) is 2.77. The molecule has 1 saturated heterocycles. The molecule has 0 radical (unpaired) electrons. The van der Waals surface area contributed by atoms with Crippen LogP contribution >= 0.6 is 0 Å². The Morgan fingerprint density at radius 3 is 3.04 bits per heavy atom. The number of carbonyl (C=O) groups is 1. The molecule has 5 nitrogen and oxygen atoms in total. The van der Waals surface area contributed by atoms with Crippen LogP contribution in [-0.4, -0.2) is 52.1 Å². The van der Waals surface area contributed by atoms with Crippen molar-refractivity contribution in [2.45, 2.75) is 44.7 Å². The number of likely N-dealkylation sites (N-methyl/N-ethyl adjacent to an activating group) is 1. The van der Waals surface area contributed by atoms with E-state index >= 15 is 0 Å². The van der Waals surface area contributed by atoms with E-state index in [2.05, 4.69) is 15.1 Å². The van der Waals surface area contributed by atoms with Crippen LogP contribution in [0, 0.1) is 5.82 Å². The van der Waals surface area contributed by atoms with Crippen molar-refractivity contribution in [1.29, 1.82) is 0 Å². The number of amides is 1. The molecule has 1 fully saturated rings. The molecule has 1 aromatic carbocycles. The number of fused-ring (bicyclic) bond motifs is 1. The first kappa shape index (κ1) is 17.2. The number of hydrogen-bond acceptors (Lipinski definition) is 3. The van der Waals surface area contributed by atoms with Gasteiger partial charge in [-0.2, -0.15) is 5.10 Å². The number of nitrogens with one attached hydrogen (secondary N) is 1. The van der Waals surface area contributed by atoms with E-state index in [0.29, 0.717) is 17.8 Å². The van der Waals surface area contributed by atoms with Gasteiger partial charge in [0.25, 0.3) is 5.91 Å². The van der Waals surface area contributed by atoms with E-state index < -0.39 is 0 Å². The van der Waals surface area contributed by atoms with Gasteiger partial charge in [0.05, 0.1) is 0 Å². The van der Waals surface area contributed by atoms with Gasteiger partial charge in [-0.1, -0.05) is 18.2 Å². The molecule has 1 aliphatic heterocycles. The van der Waals surface area contributed by atoms with Crippen LogP contribution in [0.1, 0.15) is 46.6 Å². The van der Waals surface area contributed by atoms with E-state index in [1.165, 1.54) is 6.07 Å². The molecule has 4 rings (SSSR count). The minimum Gasteiger partial charge on any atom is -0.336 e. The van der Waals surface area contributed by atoms with E-state index in [1.807, 2.05) is 24.1 Å². The maximum Gasteiger partial charge on any atom is 0.274 e. The topological polar surface area (TPSA) is 52.2 Å². The van der Waals surface area contributed by atoms with E-state index in [0.717, 1.165) is 56.5 Å². The molecule has 6 heteroatoms. The molecule has 2 aromatic rings. The first-order chi connectivity index (χ1) is 12.6. The zero-order valence-electron chi connectivity index (χ0n) is 15.2. The molecular formula is C20H25FN4O. The van der Waals surface area contributed by atoms with Gasteiger partial charge in [0, 0.05) is 43.0 Å². The highest BCUT2D eigenvalue weighted by Gasteiger charge is 2.31. The predicted molar refractivity (Wildman–Crippen MR) is 97.4 cm³/mol. The number of rotatable bonds is 4. The maximum atomic E-state index is 13.9. The Balaban J connectivity index is 1.43. The van der Waals surface area contributed by atoms with E-state index in [1.54, 1.807) is 6.07 Å². The summed E-state index contributed by atoms with van der Waals surface area (Å²) in [5.41, 5.74) is 3.52. The lowest BCUT2D eigenvalue weighted by atomic mass is 10.0. The molecule has 1 amide bonds. The highest BCUT2D eigenvalue weighted by Crippen LogP contribution is 2.25. The van der Waals surface area contributed by atoms with Crippen LogP contribution in [0.25, 0.3) is 0 Å². The highest BCUT2D eigenvalue weighted by atomic mass is 19.1. The number of aromatic nitrogens is 2. The molecule has 2 heterocycles. The first-order valence-electron chi connectivity index (χ1n) is 9.42. The SMILES string of the molecule is CN(C(=O)c1n[nH]c2c1CCC2)[C@@H]1CCCN(Cc2ccccc2F)C1. The molecule has 0 bridgehead atoms. The average molecular weight is 356 g/mol. The van der Waals surface area contributed by atoms with Gasteiger partial charge in [0.2, 0.25) is 0 Å². The summed E-state index contributed by atoms with van der Waals surface area (Å²) in [5, 5.41) is 7.30. The van der Waals surface area contributed by atoms with E-state index in [9.17, 15) is 9.18 Å². The Morgan fingerprint density at radius 2 is 2.19 bits per heavy atom. The fraction of sp³-hybridized carbons (Fsp3) is 0.500. The summed E-state index contributed by atoms with van der Waals surface area (Å²) < 4.78 is 13.9. The van der Waals surface area contributed by atoms with Crippen molar-refractivity contribution in [3.63, 3.8) is 0 Å². The van der Waals surface area contributed by atoms with Crippen molar-refractivity contribution in [3.05, 3.63) is 52.6 Å². The Labute approximate surface area is 153 Å². The Kier molecular flexibility index (Phi) is 4.76. The van der Waals surface area contributed by atoms with E-state index in [4.69, 9.17) is 0 Å². The number of piperidine rings is 1. The fourth-order valence-corrected chi connectivity index (χ4v) is 4.19. The van der Waals surface area contributed by atoms with Crippen molar-refractivity contribution in [1.82, 2.24) is 20.0 Å². The summed E-state index contributed by atoms with van der Waals surface area (Å²) >= 11 is 0. The van der Waals surface area contributed by atoms with Gasteiger partial charge >= 0.3 is 0 Å². The Bertz CT molecular complexity index is 803. The smallest absolute Gasteiger partial charge is 0.274 e. The van der Waals surface area contributed by atoms with Gasteiger partial charge in [-0.15, -0.1) is 0 Å². The maximum absolute atomic E-state index is 13.9. The van der Waals surface area contributed by atoms with Crippen LogP contribution in [0.15, 0.2) is 24.3 Å². The molecule has 1 N–H and O–H groups in total. The standard InChI is InChI=1S/C20H25FN4O/c1-24(20(26)19-16-8-4-10-18(16)22-23-19)15-7-5-11-25(13-15)12-14-6-2-3-9-17(14)21/h2-3,6,9,15H,4-5,7-8,10-13H2,1H3,(H,22,23)/t15-/m1/s1. The molecule has 0 spiro atoms. The fourth-order valence-electron chi connectivity index (χ4n) is 4.19. The normalized spacial score (nSPS) is 20.2. The first-order valence-corrected chi connectivity index (χ1v) is 9.42. The van der Waals surface area contributed by atoms with Crippen LogP contribution in [0.2, 0.25) is 0 Å². The van der Waals surface area contributed by atoms with Gasteiger partial charge in [0.1, 0.15) is 5.82 Å². The van der Waals surface area contributed by atoms with Gasteiger partial charge in [0.15, 0.2) is 5.69 Å². The largest absolute Gasteiger partial charge is 0.336 e. The van der Waals surface area contributed by atoms with E-state index in [-0.39, 0.29) is 17.8 Å². The summed E-state index contributed by atoms with van der Waals surface area (Å²) in [4.78, 5) is 17.0. The van der Waals surface area contributed by atoms with Crippen LogP contribution in [0.4, 0.5) is 4.39 Å². The van der Waals surface area contributed by atoms with Crippen molar-refractivity contribution in [3.8, 4) is 0 Å². The molecule has 1 aliphatic carbocycles. The van der Waals surface area contributed by atoms with Crippen molar-refractivity contribution in [2.75, 3.05) is 20.1 Å². The minimum absolute atomic E-state index is 0.00198. The Hall–Kier alpha value is -2.21. The molecule has 0 unspecified atom stereocenters. The van der Waals surface area contributed by atoms with Crippen LogP contribution in [0.3, 0.4) is 0 Å². The average Bonchev–Trinajstić information content (AvgIpc) is 3.26. The summed E-state index contributed by atoms with van der Waals surface area (Å²) in [5.74, 6) is -0.159. The highest BCUT2D eigenvalue weighted by molar-refractivity contribution is 5.94. The van der Waals surface area contributed by atoms with Gasteiger partial charge in [-0.05, 0) is 44.7 Å². The molecule has 138 valence electrons. The Morgan fingerprint density at radius 1 is 1.35 bits per heavy atom. The molecule has 26 heavy (non-hydrogen) atoms. The number of benzene rings is 1. The number of likely N-dealkylation sites (tertiary alicyclic amines) is 1. The zero-order chi connectivity index (χ0) is 18.1. The molecule has 2 aliphatic rings. The summed E-state index contributed by atoms with van der Waals surface area (Å²) in [6.45, 7) is 2.29. The number of halogens is 1.